The number of carbonyl (C=O) groups excluding carboxylic acids is 1. The topological polar surface area (TPSA) is 17.1 Å². The zero-order valence-electron chi connectivity index (χ0n) is 9.47. The Balaban J connectivity index is 2.65. The summed E-state index contributed by atoms with van der Waals surface area (Å²) in [5.41, 5.74) is 5.37. The fraction of sp³-hybridized carbons (Fsp3) is 0.583. The van der Waals surface area contributed by atoms with E-state index in [4.69, 9.17) is 0 Å². The van der Waals surface area contributed by atoms with Gasteiger partial charge in [0.25, 0.3) is 0 Å². The number of Topliss-reactive ketones (excluding diaryl/α,β-unsaturated/α-hetero) is 1. The van der Waals surface area contributed by atoms with Crippen LogP contribution in [0.3, 0.4) is 0 Å². The van der Waals surface area contributed by atoms with Crippen LogP contribution in [0, 0.1) is 0 Å². The molecule has 0 saturated heterocycles. The number of rotatable bonds is 3. The fourth-order valence-corrected chi connectivity index (χ4v) is 2.63. The maximum atomic E-state index is 11.6. The lowest BCUT2D eigenvalue weighted by molar-refractivity contribution is -0.115. The number of carbonyl (C=O) groups is 1. The van der Waals surface area contributed by atoms with E-state index in [1.54, 1.807) is 0 Å². The Labute approximate surface area is 89.1 Å². The van der Waals surface area contributed by atoms with Crippen molar-refractivity contribution in [2.75, 3.05) is 0 Å². The van der Waals surface area contributed by atoms with Crippen molar-refractivity contribution in [1.29, 1.82) is 0 Å². The third-order valence-corrected chi connectivity index (χ3v) is 4.06. The predicted octanol–water partition coefficient (Wildman–Crippen LogP) is 2.57. The molecule has 0 radical (unpaired) electrons. The zero-order valence-corrected chi connectivity index (χ0v) is 10.9. The molecule has 14 heavy (non-hydrogen) atoms. The average molecular weight is 208 g/mol. The second-order valence-electron chi connectivity index (χ2n) is 4.50. The molecule has 0 fully saturated rings. The Bertz CT molecular complexity index is 274. The van der Waals surface area contributed by atoms with Crippen molar-refractivity contribution in [1.82, 2.24) is 0 Å². The Morgan fingerprint density at radius 1 is 1.36 bits per heavy atom. The first-order valence-electron chi connectivity index (χ1n) is 5.50. The SMILES string of the molecule is CC1=C(C=C[SiH2]C(C)C)C(=O)CCC1. The quantitative estimate of drug-likeness (QED) is 0.652. The van der Waals surface area contributed by atoms with Crippen molar-refractivity contribution in [3.05, 3.63) is 22.9 Å². The largest absolute Gasteiger partial charge is 0.294 e. The normalized spacial score (nSPS) is 19.6. The first-order chi connectivity index (χ1) is 6.61. The Morgan fingerprint density at radius 3 is 2.64 bits per heavy atom. The summed E-state index contributed by atoms with van der Waals surface area (Å²) in [6.45, 7) is 6.59. The van der Waals surface area contributed by atoms with Gasteiger partial charge in [0.1, 0.15) is 0 Å². The molecule has 78 valence electrons. The van der Waals surface area contributed by atoms with Gasteiger partial charge < -0.3 is 0 Å². The number of ketones is 1. The minimum atomic E-state index is -0.111. The molecule has 1 aliphatic carbocycles. The molecule has 0 spiro atoms. The minimum Gasteiger partial charge on any atom is -0.294 e. The average Bonchev–Trinajstić information content (AvgIpc) is 2.09. The molecule has 1 aliphatic rings. The molecule has 0 amide bonds. The van der Waals surface area contributed by atoms with Gasteiger partial charge in [-0.25, -0.2) is 0 Å². The van der Waals surface area contributed by atoms with E-state index < -0.39 is 0 Å². The number of allylic oxidation sites excluding steroid dienone is 3. The zero-order chi connectivity index (χ0) is 10.6. The molecule has 0 saturated carbocycles. The van der Waals surface area contributed by atoms with E-state index in [2.05, 4.69) is 32.5 Å². The van der Waals surface area contributed by atoms with Gasteiger partial charge in [-0.1, -0.05) is 31.0 Å². The smallest absolute Gasteiger partial charge is 0.162 e. The van der Waals surface area contributed by atoms with Crippen LogP contribution < -0.4 is 0 Å². The van der Waals surface area contributed by atoms with Crippen molar-refractivity contribution in [2.45, 2.75) is 45.6 Å². The minimum absolute atomic E-state index is 0.111. The molecular formula is C12H20OSi. The van der Waals surface area contributed by atoms with Crippen LogP contribution in [0.1, 0.15) is 40.0 Å². The Kier molecular flexibility index (Phi) is 4.33. The second-order valence-corrected chi connectivity index (χ2v) is 7.08. The first kappa shape index (κ1) is 11.4. The molecule has 0 heterocycles. The van der Waals surface area contributed by atoms with Crippen molar-refractivity contribution >= 4 is 15.3 Å². The summed E-state index contributed by atoms with van der Waals surface area (Å²) in [7, 11) is -0.111. The molecule has 0 atom stereocenters. The summed E-state index contributed by atoms with van der Waals surface area (Å²) in [5.74, 6) is 0.350. The van der Waals surface area contributed by atoms with Crippen molar-refractivity contribution in [3.63, 3.8) is 0 Å². The first-order valence-corrected chi connectivity index (χ1v) is 7.14. The van der Waals surface area contributed by atoms with Crippen LogP contribution in [0.2, 0.25) is 5.54 Å². The van der Waals surface area contributed by atoms with Gasteiger partial charge in [-0.3, -0.25) is 4.79 Å². The summed E-state index contributed by atoms with van der Waals surface area (Å²) in [5, 5.41) is 0. The molecule has 0 aromatic rings. The van der Waals surface area contributed by atoms with Crippen molar-refractivity contribution in [2.24, 2.45) is 0 Å². The highest BCUT2D eigenvalue weighted by Gasteiger charge is 2.14. The Morgan fingerprint density at radius 2 is 2.07 bits per heavy atom. The predicted molar refractivity (Wildman–Crippen MR) is 64.3 cm³/mol. The van der Waals surface area contributed by atoms with E-state index in [0.717, 1.165) is 30.4 Å². The van der Waals surface area contributed by atoms with E-state index in [1.807, 2.05) is 0 Å². The standard InChI is InChI=1S/C12H20OSi/c1-9(2)14-8-7-11-10(3)5-4-6-12(11)13/h7-9H,4-6,14H2,1-3H3. The third-order valence-electron chi connectivity index (χ3n) is 2.61. The van der Waals surface area contributed by atoms with Gasteiger partial charge in [-0.2, -0.15) is 0 Å². The molecule has 1 rings (SSSR count). The molecule has 0 bridgehead atoms. The lowest BCUT2D eigenvalue weighted by Crippen LogP contribution is -2.08. The molecule has 0 aromatic carbocycles. The van der Waals surface area contributed by atoms with Crippen LogP contribution in [-0.4, -0.2) is 15.3 Å². The van der Waals surface area contributed by atoms with Crippen LogP contribution >= 0.6 is 0 Å². The van der Waals surface area contributed by atoms with Crippen LogP contribution in [-0.2, 0) is 4.79 Å². The second kappa shape index (κ2) is 5.30. The van der Waals surface area contributed by atoms with Crippen molar-refractivity contribution in [3.8, 4) is 0 Å². The van der Waals surface area contributed by atoms with Crippen LogP contribution in [0.4, 0.5) is 0 Å². The maximum Gasteiger partial charge on any atom is 0.162 e. The highest BCUT2D eigenvalue weighted by Crippen LogP contribution is 2.22. The molecule has 0 aliphatic heterocycles. The van der Waals surface area contributed by atoms with Gasteiger partial charge in [-0.05, 0) is 19.8 Å². The van der Waals surface area contributed by atoms with Crippen LogP contribution in [0.15, 0.2) is 22.9 Å². The molecular weight excluding hydrogens is 188 g/mol. The molecule has 0 N–H and O–H groups in total. The highest BCUT2D eigenvalue weighted by molar-refractivity contribution is 6.43. The van der Waals surface area contributed by atoms with Gasteiger partial charge in [0.05, 0.1) is 0 Å². The Hall–Kier alpha value is -0.633. The van der Waals surface area contributed by atoms with Gasteiger partial charge in [-0.15, -0.1) is 5.70 Å². The fourth-order valence-electron chi connectivity index (χ4n) is 1.71. The third kappa shape index (κ3) is 3.26. The monoisotopic (exact) mass is 208 g/mol. The maximum absolute atomic E-state index is 11.6. The summed E-state index contributed by atoms with van der Waals surface area (Å²) in [6, 6.07) is 0. The van der Waals surface area contributed by atoms with Gasteiger partial charge in [0.2, 0.25) is 0 Å². The summed E-state index contributed by atoms with van der Waals surface area (Å²) in [4.78, 5) is 11.6. The number of hydrogen-bond acceptors (Lipinski definition) is 1. The molecule has 0 unspecified atom stereocenters. The van der Waals surface area contributed by atoms with E-state index >= 15 is 0 Å². The summed E-state index contributed by atoms with van der Waals surface area (Å²) in [6.07, 6.45) is 4.99. The van der Waals surface area contributed by atoms with E-state index in [0.29, 0.717) is 5.78 Å². The van der Waals surface area contributed by atoms with E-state index in [1.165, 1.54) is 5.57 Å². The lowest BCUT2D eigenvalue weighted by atomic mass is 9.92. The lowest BCUT2D eigenvalue weighted by Gasteiger charge is -2.13. The van der Waals surface area contributed by atoms with Crippen LogP contribution in [0.5, 0.6) is 0 Å². The van der Waals surface area contributed by atoms with Gasteiger partial charge >= 0.3 is 0 Å². The summed E-state index contributed by atoms with van der Waals surface area (Å²) >= 11 is 0. The van der Waals surface area contributed by atoms with Gasteiger partial charge in [0, 0.05) is 21.5 Å². The molecule has 0 aromatic heterocycles. The highest BCUT2D eigenvalue weighted by atomic mass is 28.2. The summed E-state index contributed by atoms with van der Waals surface area (Å²) < 4.78 is 0. The molecule has 1 nitrogen and oxygen atoms in total. The van der Waals surface area contributed by atoms with E-state index in [-0.39, 0.29) is 9.52 Å². The van der Waals surface area contributed by atoms with Crippen LogP contribution in [0.25, 0.3) is 0 Å². The van der Waals surface area contributed by atoms with Gasteiger partial charge in [0.15, 0.2) is 5.78 Å². The molecule has 2 heteroatoms. The van der Waals surface area contributed by atoms with Crippen molar-refractivity contribution < 1.29 is 4.79 Å². The number of hydrogen-bond donors (Lipinski definition) is 0. The van der Waals surface area contributed by atoms with E-state index in [9.17, 15) is 4.79 Å².